The first kappa shape index (κ1) is 16.1. The number of hydrogen-bond acceptors (Lipinski definition) is 3. The molecule has 2 heterocycles. The molecule has 0 saturated heterocycles. The van der Waals surface area contributed by atoms with Crippen LogP contribution in [0.15, 0.2) is 54.7 Å². The van der Waals surface area contributed by atoms with Crippen LogP contribution in [0.4, 0.5) is 5.69 Å². The number of H-pyrrole nitrogens is 1. The number of rotatable bonds is 4. The zero-order valence-electron chi connectivity index (χ0n) is 14.7. The molecule has 2 aromatic heterocycles. The molecule has 0 spiro atoms. The van der Waals surface area contributed by atoms with Crippen molar-refractivity contribution >= 4 is 22.5 Å². The van der Waals surface area contributed by atoms with Gasteiger partial charge >= 0.3 is 0 Å². The van der Waals surface area contributed by atoms with Gasteiger partial charge in [0.15, 0.2) is 5.82 Å². The van der Waals surface area contributed by atoms with E-state index in [1.54, 1.807) is 0 Å². The summed E-state index contributed by atoms with van der Waals surface area (Å²) < 4.78 is 2.05. The molecule has 4 rings (SSSR count). The monoisotopic (exact) mass is 345 g/mol. The Labute approximate surface area is 150 Å². The van der Waals surface area contributed by atoms with E-state index in [0.717, 1.165) is 33.5 Å². The summed E-state index contributed by atoms with van der Waals surface area (Å²) in [6, 6.07) is 15.6. The van der Waals surface area contributed by atoms with Crippen LogP contribution in [0.5, 0.6) is 0 Å². The minimum absolute atomic E-state index is 0.0512. The van der Waals surface area contributed by atoms with Crippen LogP contribution in [0.2, 0.25) is 0 Å². The van der Waals surface area contributed by atoms with Crippen molar-refractivity contribution in [1.82, 2.24) is 19.7 Å². The molecule has 0 unspecified atom stereocenters. The molecule has 0 aliphatic rings. The summed E-state index contributed by atoms with van der Waals surface area (Å²) in [5.41, 5.74) is 3.73. The van der Waals surface area contributed by atoms with Crippen molar-refractivity contribution in [2.75, 3.05) is 5.32 Å². The van der Waals surface area contributed by atoms with Crippen LogP contribution in [-0.4, -0.2) is 25.7 Å². The van der Waals surface area contributed by atoms with Gasteiger partial charge in [0.2, 0.25) is 5.91 Å². The number of aryl methyl sites for hydroxylation is 2. The number of carbonyl (C=O) groups is 1. The molecule has 2 aromatic carbocycles. The minimum Gasteiger partial charge on any atom is -0.350 e. The third-order valence-corrected chi connectivity index (χ3v) is 4.33. The van der Waals surface area contributed by atoms with Gasteiger partial charge in [-0.1, -0.05) is 30.3 Å². The first-order valence-electron chi connectivity index (χ1n) is 8.42. The number of nitrogens with zero attached hydrogens (tertiary/aromatic N) is 3. The van der Waals surface area contributed by atoms with E-state index in [2.05, 4.69) is 26.6 Å². The van der Waals surface area contributed by atoms with Gasteiger partial charge in [-0.05, 0) is 30.7 Å². The molecule has 0 atom stereocenters. The highest BCUT2D eigenvalue weighted by atomic mass is 16.1. The number of para-hydroxylation sites is 1. The largest absolute Gasteiger partial charge is 0.350 e. The third-order valence-electron chi connectivity index (χ3n) is 4.33. The van der Waals surface area contributed by atoms with Crippen LogP contribution in [0, 0.1) is 6.92 Å². The van der Waals surface area contributed by atoms with Gasteiger partial charge in [-0.25, -0.2) is 4.98 Å². The van der Waals surface area contributed by atoms with Crippen molar-refractivity contribution in [2.45, 2.75) is 13.3 Å². The highest BCUT2D eigenvalue weighted by Gasteiger charge is 2.11. The molecular formula is C20H19N5O. The third kappa shape index (κ3) is 3.09. The summed E-state index contributed by atoms with van der Waals surface area (Å²) in [6.45, 7) is 1.85. The predicted molar refractivity (Wildman–Crippen MR) is 102 cm³/mol. The molecule has 0 saturated carbocycles. The van der Waals surface area contributed by atoms with E-state index >= 15 is 0 Å². The Morgan fingerprint density at radius 1 is 1.19 bits per heavy atom. The van der Waals surface area contributed by atoms with Crippen molar-refractivity contribution in [3.63, 3.8) is 0 Å². The quantitative estimate of drug-likeness (QED) is 0.595. The first-order chi connectivity index (χ1) is 12.6. The van der Waals surface area contributed by atoms with Crippen molar-refractivity contribution in [1.29, 1.82) is 0 Å². The van der Waals surface area contributed by atoms with Crippen molar-refractivity contribution in [3.05, 3.63) is 66.1 Å². The second kappa shape index (κ2) is 6.48. The van der Waals surface area contributed by atoms with Crippen molar-refractivity contribution < 1.29 is 4.79 Å². The maximum absolute atomic E-state index is 12.5. The van der Waals surface area contributed by atoms with Crippen LogP contribution in [0.25, 0.3) is 22.3 Å². The average molecular weight is 345 g/mol. The topological polar surface area (TPSA) is 75.6 Å². The number of nitrogens with one attached hydrogen (secondary N) is 2. The van der Waals surface area contributed by atoms with E-state index in [-0.39, 0.29) is 5.91 Å². The number of fused-ring (bicyclic) bond motifs is 1. The number of amides is 1. The van der Waals surface area contributed by atoms with Gasteiger partial charge in [0.25, 0.3) is 0 Å². The number of benzene rings is 2. The number of aromatic nitrogens is 4. The maximum Gasteiger partial charge on any atom is 0.228 e. The van der Waals surface area contributed by atoms with E-state index in [4.69, 9.17) is 0 Å². The van der Waals surface area contributed by atoms with Gasteiger partial charge in [0.05, 0.1) is 6.42 Å². The Kier molecular flexibility index (Phi) is 4.01. The van der Waals surface area contributed by atoms with E-state index in [0.29, 0.717) is 12.2 Å². The number of anilines is 1. The van der Waals surface area contributed by atoms with Gasteiger partial charge in [-0.15, -0.1) is 0 Å². The summed E-state index contributed by atoms with van der Waals surface area (Å²) >= 11 is 0. The zero-order chi connectivity index (χ0) is 18.1. The lowest BCUT2D eigenvalue weighted by atomic mass is 10.1. The highest BCUT2D eigenvalue weighted by Crippen LogP contribution is 2.22. The first-order valence-corrected chi connectivity index (χ1v) is 8.42. The Bertz CT molecular complexity index is 1090. The lowest BCUT2D eigenvalue weighted by Gasteiger charge is -2.06. The summed E-state index contributed by atoms with van der Waals surface area (Å²) in [5, 5.41) is 11.1. The number of hydrogen-bond donors (Lipinski definition) is 2. The molecular weight excluding hydrogens is 326 g/mol. The molecule has 0 aliphatic carbocycles. The summed E-state index contributed by atoms with van der Waals surface area (Å²) in [5.74, 6) is 1.32. The summed E-state index contributed by atoms with van der Waals surface area (Å²) in [6.07, 6.45) is 2.34. The Hall–Kier alpha value is -3.41. The normalized spacial score (nSPS) is 11.0. The van der Waals surface area contributed by atoms with Crippen LogP contribution in [-0.2, 0) is 18.3 Å². The predicted octanol–water partition coefficient (Wildman–Crippen LogP) is 3.45. The van der Waals surface area contributed by atoms with Crippen LogP contribution in [0.3, 0.4) is 0 Å². The fourth-order valence-electron chi connectivity index (χ4n) is 3.15. The van der Waals surface area contributed by atoms with Crippen LogP contribution in [0.1, 0.15) is 11.4 Å². The zero-order valence-corrected chi connectivity index (χ0v) is 14.7. The van der Waals surface area contributed by atoms with E-state index in [1.165, 1.54) is 0 Å². The molecule has 0 radical (unpaired) electrons. The highest BCUT2D eigenvalue weighted by molar-refractivity contribution is 5.96. The Balaban J connectivity index is 1.53. The molecule has 4 aromatic rings. The Morgan fingerprint density at radius 2 is 2.04 bits per heavy atom. The van der Waals surface area contributed by atoms with Gasteiger partial charge in [-0.2, -0.15) is 5.10 Å². The second-order valence-electron chi connectivity index (χ2n) is 6.33. The lowest BCUT2D eigenvalue weighted by Crippen LogP contribution is -2.14. The van der Waals surface area contributed by atoms with Crippen LogP contribution < -0.4 is 5.32 Å². The molecule has 0 aliphatic heterocycles. The number of aromatic amines is 1. The molecule has 6 heteroatoms. The van der Waals surface area contributed by atoms with Crippen LogP contribution >= 0.6 is 0 Å². The van der Waals surface area contributed by atoms with Gasteiger partial charge in [0.1, 0.15) is 5.82 Å². The second-order valence-corrected chi connectivity index (χ2v) is 6.33. The minimum atomic E-state index is -0.0512. The maximum atomic E-state index is 12.5. The Morgan fingerprint density at radius 3 is 2.85 bits per heavy atom. The molecule has 6 nitrogen and oxygen atoms in total. The molecule has 130 valence electrons. The van der Waals surface area contributed by atoms with Gasteiger partial charge < -0.3 is 9.88 Å². The van der Waals surface area contributed by atoms with Crippen molar-refractivity contribution in [3.8, 4) is 11.4 Å². The molecule has 1 amide bonds. The summed E-state index contributed by atoms with van der Waals surface area (Å²) in [7, 11) is 1.99. The smallest absolute Gasteiger partial charge is 0.228 e. The number of carbonyl (C=O) groups excluding carboxylic acids is 1. The fourth-order valence-corrected chi connectivity index (χ4v) is 3.15. The van der Waals surface area contributed by atoms with E-state index in [9.17, 15) is 4.79 Å². The average Bonchev–Trinajstić information content (AvgIpc) is 3.20. The molecule has 26 heavy (non-hydrogen) atoms. The summed E-state index contributed by atoms with van der Waals surface area (Å²) in [4.78, 5) is 16.9. The van der Waals surface area contributed by atoms with E-state index in [1.807, 2.05) is 67.2 Å². The molecule has 0 fully saturated rings. The standard InChI is InChI=1S/C20H19N5O/c1-13-21-20(24-23-13)14-6-5-7-16(10-14)22-19(26)11-15-12-25(2)18-9-4-3-8-17(15)18/h3-10,12H,11H2,1-2H3,(H,22,26)(H,21,23,24). The SMILES string of the molecule is Cc1nc(-c2cccc(NC(=O)Cc3cn(C)c4ccccc34)c2)n[nH]1. The van der Waals surface area contributed by atoms with Gasteiger partial charge in [-0.3, -0.25) is 9.89 Å². The van der Waals surface area contributed by atoms with Gasteiger partial charge in [0, 0.05) is 35.4 Å². The molecule has 2 N–H and O–H groups in total. The van der Waals surface area contributed by atoms with Crippen molar-refractivity contribution in [2.24, 2.45) is 7.05 Å². The molecule has 0 bridgehead atoms. The lowest BCUT2D eigenvalue weighted by molar-refractivity contribution is -0.115. The van der Waals surface area contributed by atoms with E-state index < -0.39 is 0 Å². The fraction of sp³-hybridized carbons (Fsp3) is 0.150.